The van der Waals surface area contributed by atoms with Gasteiger partial charge in [0.15, 0.2) is 0 Å². The van der Waals surface area contributed by atoms with Crippen LogP contribution in [0.3, 0.4) is 0 Å². The lowest BCUT2D eigenvalue weighted by Gasteiger charge is -2.26. The molecule has 1 amide bonds. The van der Waals surface area contributed by atoms with Gasteiger partial charge in [0.2, 0.25) is 5.91 Å². The molecule has 1 heterocycles. The molecule has 2 fully saturated rings. The van der Waals surface area contributed by atoms with Gasteiger partial charge in [-0.3, -0.25) is 4.79 Å². The maximum absolute atomic E-state index is 12.5. The lowest BCUT2D eigenvalue weighted by atomic mass is 9.94. The molecule has 1 atom stereocenters. The number of piperidine rings is 1. The van der Waals surface area contributed by atoms with Crippen LogP contribution in [0.4, 0.5) is 0 Å². The minimum atomic E-state index is -0.112. The molecular weight excluding hydrogens is 272 g/mol. The van der Waals surface area contributed by atoms with Gasteiger partial charge in [-0.15, -0.1) is 12.4 Å². The van der Waals surface area contributed by atoms with Crippen LogP contribution in [0.15, 0.2) is 30.3 Å². The van der Waals surface area contributed by atoms with Crippen LogP contribution in [-0.4, -0.2) is 25.0 Å². The Bertz CT molecular complexity index is 439. The Labute approximate surface area is 126 Å². The molecule has 1 aliphatic heterocycles. The fourth-order valence-electron chi connectivity index (χ4n) is 2.94. The summed E-state index contributed by atoms with van der Waals surface area (Å²) < 4.78 is 0. The normalized spacial score (nSPS) is 23.5. The van der Waals surface area contributed by atoms with Gasteiger partial charge in [-0.05, 0) is 44.2 Å². The zero-order valence-corrected chi connectivity index (χ0v) is 12.5. The summed E-state index contributed by atoms with van der Waals surface area (Å²) in [5, 5.41) is 6.59. The van der Waals surface area contributed by atoms with Crippen molar-refractivity contribution in [2.45, 2.75) is 38.1 Å². The summed E-state index contributed by atoms with van der Waals surface area (Å²) in [5.74, 6) is 0.269. The van der Waals surface area contributed by atoms with E-state index in [1.807, 2.05) is 18.2 Å². The van der Waals surface area contributed by atoms with Crippen LogP contribution in [0, 0.1) is 5.41 Å². The highest BCUT2D eigenvalue weighted by atomic mass is 35.5. The Balaban J connectivity index is 0.00000147. The summed E-state index contributed by atoms with van der Waals surface area (Å²) in [6.07, 6.45) is 5.23. The second kappa shape index (κ2) is 6.59. The standard InChI is InChI=1S/C16H22N2O.ClH/c19-15(18-14-7-4-10-17-12-14)16(8-9-16)11-13-5-2-1-3-6-13;/h1-3,5-6,14,17H,4,7-12H2,(H,18,19);1H/t14-;/m0./s1. The van der Waals surface area contributed by atoms with E-state index < -0.39 is 0 Å². The monoisotopic (exact) mass is 294 g/mol. The third-order valence-corrected chi connectivity index (χ3v) is 4.35. The number of hydrogen-bond donors (Lipinski definition) is 2. The molecule has 1 aromatic rings. The number of nitrogens with one attached hydrogen (secondary N) is 2. The van der Waals surface area contributed by atoms with E-state index in [4.69, 9.17) is 0 Å². The van der Waals surface area contributed by atoms with Crippen molar-refractivity contribution in [1.82, 2.24) is 10.6 Å². The predicted octanol–water partition coefficient (Wildman–Crippen LogP) is 2.30. The van der Waals surface area contributed by atoms with Crippen molar-refractivity contribution in [1.29, 1.82) is 0 Å². The molecule has 1 aromatic carbocycles. The molecule has 0 radical (unpaired) electrons. The zero-order chi connectivity index (χ0) is 13.1. The summed E-state index contributed by atoms with van der Waals surface area (Å²) in [7, 11) is 0. The molecule has 3 nitrogen and oxygen atoms in total. The van der Waals surface area contributed by atoms with Gasteiger partial charge >= 0.3 is 0 Å². The first-order valence-electron chi connectivity index (χ1n) is 7.34. The van der Waals surface area contributed by atoms with Gasteiger partial charge in [-0.1, -0.05) is 30.3 Å². The third kappa shape index (κ3) is 3.53. The van der Waals surface area contributed by atoms with Gasteiger partial charge < -0.3 is 10.6 Å². The number of benzene rings is 1. The summed E-state index contributed by atoms with van der Waals surface area (Å²) in [4.78, 5) is 12.5. The first kappa shape index (κ1) is 15.3. The van der Waals surface area contributed by atoms with E-state index in [0.717, 1.165) is 45.2 Å². The lowest BCUT2D eigenvalue weighted by molar-refractivity contribution is -0.127. The van der Waals surface area contributed by atoms with E-state index in [1.54, 1.807) is 0 Å². The second-order valence-corrected chi connectivity index (χ2v) is 5.96. The fraction of sp³-hybridized carbons (Fsp3) is 0.562. The van der Waals surface area contributed by atoms with Crippen LogP contribution in [0.1, 0.15) is 31.2 Å². The van der Waals surface area contributed by atoms with Gasteiger partial charge in [0.25, 0.3) is 0 Å². The Morgan fingerprint density at radius 2 is 2.05 bits per heavy atom. The van der Waals surface area contributed by atoms with Gasteiger partial charge in [0.05, 0.1) is 5.41 Å². The molecular formula is C16H23ClN2O. The number of rotatable bonds is 4. The summed E-state index contributed by atoms with van der Waals surface area (Å²) >= 11 is 0. The van der Waals surface area contributed by atoms with Crippen LogP contribution in [0.25, 0.3) is 0 Å². The molecule has 3 rings (SSSR count). The van der Waals surface area contributed by atoms with Crippen molar-refractivity contribution in [3.8, 4) is 0 Å². The second-order valence-electron chi connectivity index (χ2n) is 5.96. The van der Waals surface area contributed by atoms with Crippen molar-refractivity contribution < 1.29 is 4.79 Å². The highest BCUT2D eigenvalue weighted by Crippen LogP contribution is 2.48. The molecule has 1 aliphatic carbocycles. The van der Waals surface area contributed by atoms with E-state index in [9.17, 15) is 4.79 Å². The summed E-state index contributed by atoms with van der Waals surface area (Å²) in [6.45, 7) is 2.01. The van der Waals surface area contributed by atoms with Crippen molar-refractivity contribution >= 4 is 18.3 Å². The minimum absolute atomic E-state index is 0. The van der Waals surface area contributed by atoms with Crippen LogP contribution in [0.2, 0.25) is 0 Å². The molecule has 1 saturated heterocycles. The fourth-order valence-corrected chi connectivity index (χ4v) is 2.94. The molecule has 2 N–H and O–H groups in total. The summed E-state index contributed by atoms with van der Waals surface area (Å²) in [6, 6.07) is 10.7. The summed E-state index contributed by atoms with van der Waals surface area (Å²) in [5.41, 5.74) is 1.16. The van der Waals surface area contributed by atoms with Gasteiger partial charge in [-0.25, -0.2) is 0 Å². The van der Waals surface area contributed by atoms with Crippen LogP contribution < -0.4 is 10.6 Å². The third-order valence-electron chi connectivity index (χ3n) is 4.35. The molecule has 0 aromatic heterocycles. The average molecular weight is 295 g/mol. The van der Waals surface area contributed by atoms with E-state index >= 15 is 0 Å². The number of carbonyl (C=O) groups excluding carboxylic acids is 1. The van der Waals surface area contributed by atoms with Crippen molar-refractivity contribution in [3.05, 3.63) is 35.9 Å². The number of amides is 1. The maximum Gasteiger partial charge on any atom is 0.226 e. The Kier molecular flexibility index (Phi) is 5.06. The highest BCUT2D eigenvalue weighted by molar-refractivity contribution is 5.86. The van der Waals surface area contributed by atoms with Gasteiger partial charge in [0, 0.05) is 12.6 Å². The molecule has 1 saturated carbocycles. The van der Waals surface area contributed by atoms with Crippen LogP contribution in [0.5, 0.6) is 0 Å². The molecule has 0 bridgehead atoms. The van der Waals surface area contributed by atoms with Crippen molar-refractivity contribution in [3.63, 3.8) is 0 Å². The average Bonchev–Trinajstić information content (AvgIpc) is 3.22. The molecule has 4 heteroatoms. The Morgan fingerprint density at radius 3 is 2.65 bits per heavy atom. The first-order valence-corrected chi connectivity index (χ1v) is 7.34. The number of hydrogen-bond acceptors (Lipinski definition) is 2. The Hall–Kier alpha value is -1.06. The SMILES string of the molecule is Cl.O=C(N[C@H]1CCCNC1)C1(Cc2ccccc2)CC1. The molecule has 110 valence electrons. The van der Waals surface area contributed by atoms with Crippen molar-refractivity contribution in [2.24, 2.45) is 5.41 Å². The van der Waals surface area contributed by atoms with E-state index in [1.165, 1.54) is 5.56 Å². The number of halogens is 1. The van der Waals surface area contributed by atoms with E-state index in [2.05, 4.69) is 22.8 Å². The first-order chi connectivity index (χ1) is 9.28. The molecule has 20 heavy (non-hydrogen) atoms. The van der Waals surface area contributed by atoms with Crippen molar-refractivity contribution in [2.75, 3.05) is 13.1 Å². The van der Waals surface area contributed by atoms with Gasteiger partial charge in [0.1, 0.15) is 0 Å². The topological polar surface area (TPSA) is 41.1 Å². The maximum atomic E-state index is 12.5. The number of carbonyl (C=O) groups is 1. The smallest absolute Gasteiger partial charge is 0.226 e. The van der Waals surface area contributed by atoms with Crippen LogP contribution >= 0.6 is 12.4 Å². The minimum Gasteiger partial charge on any atom is -0.352 e. The molecule has 2 aliphatic rings. The Morgan fingerprint density at radius 1 is 1.30 bits per heavy atom. The lowest BCUT2D eigenvalue weighted by Crippen LogP contribution is -2.48. The van der Waals surface area contributed by atoms with Crippen LogP contribution in [-0.2, 0) is 11.2 Å². The van der Waals surface area contributed by atoms with E-state index in [-0.39, 0.29) is 23.7 Å². The quantitative estimate of drug-likeness (QED) is 0.895. The van der Waals surface area contributed by atoms with Gasteiger partial charge in [-0.2, -0.15) is 0 Å². The largest absolute Gasteiger partial charge is 0.352 e. The molecule has 0 spiro atoms. The zero-order valence-electron chi connectivity index (χ0n) is 11.7. The highest BCUT2D eigenvalue weighted by Gasteiger charge is 2.49. The predicted molar refractivity (Wildman–Crippen MR) is 83.1 cm³/mol. The van der Waals surface area contributed by atoms with E-state index in [0.29, 0.717) is 6.04 Å². The molecule has 0 unspecified atom stereocenters.